The maximum absolute atomic E-state index is 10.7. The smallest absolute Gasteiger partial charge is 0.358 e. The van der Waals surface area contributed by atoms with Gasteiger partial charge >= 0.3 is 5.97 Å². The van der Waals surface area contributed by atoms with Gasteiger partial charge in [-0.25, -0.2) is 4.79 Å². The lowest BCUT2D eigenvalue weighted by molar-refractivity contribution is 0.0690. The van der Waals surface area contributed by atoms with Crippen LogP contribution in [0.4, 0.5) is 0 Å². The summed E-state index contributed by atoms with van der Waals surface area (Å²) in [5.74, 6) is -1.03. The van der Waals surface area contributed by atoms with E-state index in [0.717, 1.165) is 26.2 Å². The van der Waals surface area contributed by atoms with E-state index in [1.165, 1.54) is 19.0 Å². The molecule has 106 valence electrons. The van der Waals surface area contributed by atoms with E-state index in [1.54, 1.807) is 4.68 Å². The summed E-state index contributed by atoms with van der Waals surface area (Å²) in [5.41, 5.74) is 0.00455. The molecule has 0 spiro atoms. The molecule has 7 heteroatoms. The quantitative estimate of drug-likeness (QED) is 0.758. The molecule has 1 aromatic heterocycles. The van der Waals surface area contributed by atoms with Crippen LogP contribution in [-0.4, -0.2) is 63.2 Å². The molecule has 0 amide bonds. The Morgan fingerprint density at radius 2 is 2.32 bits per heavy atom. The van der Waals surface area contributed by atoms with Crippen LogP contribution in [0.2, 0.25) is 0 Å². The third-order valence-electron chi connectivity index (χ3n) is 3.61. The number of aromatic nitrogens is 3. The van der Waals surface area contributed by atoms with Crippen molar-refractivity contribution in [1.29, 1.82) is 0 Å². The minimum Gasteiger partial charge on any atom is -0.476 e. The van der Waals surface area contributed by atoms with Gasteiger partial charge in [0, 0.05) is 12.6 Å². The van der Waals surface area contributed by atoms with Crippen molar-refractivity contribution in [1.82, 2.24) is 25.2 Å². The fourth-order valence-corrected chi connectivity index (χ4v) is 2.51. The summed E-state index contributed by atoms with van der Waals surface area (Å²) < 4.78 is 1.60. The van der Waals surface area contributed by atoms with Gasteiger partial charge in [0.25, 0.3) is 0 Å². The highest BCUT2D eigenvalue weighted by Gasteiger charge is 2.19. The summed E-state index contributed by atoms with van der Waals surface area (Å²) in [4.78, 5) is 13.2. The molecule has 2 rings (SSSR count). The second-order valence-electron chi connectivity index (χ2n) is 4.78. The van der Waals surface area contributed by atoms with Crippen LogP contribution >= 0.6 is 0 Å². The highest BCUT2D eigenvalue weighted by atomic mass is 16.4. The van der Waals surface area contributed by atoms with Crippen LogP contribution in [0.5, 0.6) is 0 Å². The first kappa shape index (κ1) is 14.0. The van der Waals surface area contributed by atoms with Gasteiger partial charge in [-0.1, -0.05) is 12.1 Å². The molecule has 0 aromatic carbocycles. The van der Waals surface area contributed by atoms with Crippen LogP contribution < -0.4 is 5.32 Å². The Bertz CT molecular complexity index is 414. The molecule has 1 saturated heterocycles. The summed E-state index contributed by atoms with van der Waals surface area (Å²) in [7, 11) is 0. The molecule has 0 unspecified atom stereocenters. The number of likely N-dealkylation sites (N-methyl/N-ethyl adjacent to an activating group) is 1. The number of carbonyl (C=O) groups is 1. The van der Waals surface area contributed by atoms with Crippen molar-refractivity contribution in [3.63, 3.8) is 0 Å². The number of hydrogen-bond acceptors (Lipinski definition) is 5. The predicted molar refractivity (Wildman–Crippen MR) is 70.1 cm³/mol. The van der Waals surface area contributed by atoms with Gasteiger partial charge in [-0.15, -0.1) is 5.10 Å². The normalized spacial score (nSPS) is 16.9. The Kier molecular flexibility index (Phi) is 4.86. The molecule has 7 nitrogen and oxygen atoms in total. The summed E-state index contributed by atoms with van der Waals surface area (Å²) >= 11 is 0. The average Bonchev–Trinajstić information content (AvgIpc) is 2.90. The van der Waals surface area contributed by atoms with Gasteiger partial charge in [0.15, 0.2) is 5.69 Å². The zero-order valence-corrected chi connectivity index (χ0v) is 11.2. The fourth-order valence-electron chi connectivity index (χ4n) is 2.51. The van der Waals surface area contributed by atoms with Crippen LogP contribution in [0, 0.1) is 0 Å². The Balaban J connectivity index is 1.86. The first-order chi connectivity index (χ1) is 9.20. The van der Waals surface area contributed by atoms with Crippen molar-refractivity contribution < 1.29 is 9.90 Å². The Hall–Kier alpha value is -1.47. The minimum absolute atomic E-state index is 0.00455. The number of rotatable bonds is 6. The van der Waals surface area contributed by atoms with E-state index < -0.39 is 5.97 Å². The van der Waals surface area contributed by atoms with Gasteiger partial charge in [-0.3, -0.25) is 9.58 Å². The van der Waals surface area contributed by atoms with Gasteiger partial charge in [0.1, 0.15) is 0 Å². The average molecular weight is 267 g/mol. The lowest BCUT2D eigenvalue weighted by atomic mass is 10.0. The van der Waals surface area contributed by atoms with E-state index in [1.807, 2.05) is 0 Å². The Labute approximate surface area is 112 Å². The van der Waals surface area contributed by atoms with Crippen molar-refractivity contribution in [3.8, 4) is 0 Å². The van der Waals surface area contributed by atoms with Crippen LogP contribution in [0.1, 0.15) is 30.3 Å². The number of aromatic carboxylic acids is 1. The van der Waals surface area contributed by atoms with Crippen molar-refractivity contribution in [2.75, 3.05) is 26.2 Å². The predicted octanol–water partition coefficient (Wildman–Crippen LogP) is 0.0502. The molecule has 2 N–H and O–H groups in total. The Morgan fingerprint density at radius 3 is 2.89 bits per heavy atom. The van der Waals surface area contributed by atoms with Gasteiger partial charge in [-0.05, 0) is 32.5 Å². The number of hydrogen-bond donors (Lipinski definition) is 2. The largest absolute Gasteiger partial charge is 0.476 e. The lowest BCUT2D eigenvalue weighted by Gasteiger charge is -2.33. The lowest BCUT2D eigenvalue weighted by Crippen LogP contribution is -2.44. The summed E-state index contributed by atoms with van der Waals surface area (Å²) in [5, 5.41) is 19.6. The Morgan fingerprint density at radius 1 is 1.58 bits per heavy atom. The van der Waals surface area contributed by atoms with Crippen molar-refractivity contribution >= 4 is 5.97 Å². The van der Waals surface area contributed by atoms with E-state index in [4.69, 9.17) is 5.11 Å². The molecule has 1 aliphatic rings. The van der Waals surface area contributed by atoms with Gasteiger partial charge in [0.05, 0.1) is 12.7 Å². The molecule has 1 aromatic rings. The summed E-state index contributed by atoms with van der Waals surface area (Å²) in [6, 6.07) is 0.619. The van der Waals surface area contributed by atoms with E-state index in [9.17, 15) is 4.79 Å². The monoisotopic (exact) mass is 267 g/mol. The molecule has 1 fully saturated rings. The third-order valence-corrected chi connectivity index (χ3v) is 3.61. The second kappa shape index (κ2) is 6.63. The summed E-state index contributed by atoms with van der Waals surface area (Å²) in [6.45, 7) is 6.88. The van der Waals surface area contributed by atoms with E-state index >= 15 is 0 Å². The molecule has 1 aliphatic heterocycles. The van der Waals surface area contributed by atoms with Crippen molar-refractivity contribution in [3.05, 3.63) is 11.9 Å². The van der Waals surface area contributed by atoms with Crippen LogP contribution in [0.25, 0.3) is 0 Å². The number of nitrogens with zero attached hydrogens (tertiary/aromatic N) is 4. The highest BCUT2D eigenvalue weighted by Crippen LogP contribution is 2.11. The standard InChI is InChI=1S/C12H21N5O2/c1-2-16(10-3-5-13-6-4-10)7-8-17-9-11(12(18)19)14-15-17/h9-10,13H,2-8H2,1H3,(H,18,19). The topological polar surface area (TPSA) is 83.3 Å². The molecule has 19 heavy (non-hydrogen) atoms. The SMILES string of the molecule is CCN(CCn1cc(C(=O)O)nn1)C1CCNCC1. The maximum Gasteiger partial charge on any atom is 0.358 e. The van der Waals surface area contributed by atoms with Gasteiger partial charge < -0.3 is 10.4 Å². The molecule has 0 bridgehead atoms. The fraction of sp³-hybridized carbons (Fsp3) is 0.750. The maximum atomic E-state index is 10.7. The van der Waals surface area contributed by atoms with E-state index in [-0.39, 0.29) is 5.69 Å². The van der Waals surface area contributed by atoms with Crippen LogP contribution in [0.15, 0.2) is 6.20 Å². The zero-order chi connectivity index (χ0) is 13.7. The summed E-state index contributed by atoms with van der Waals surface area (Å²) in [6.07, 6.45) is 3.83. The highest BCUT2D eigenvalue weighted by molar-refractivity contribution is 5.84. The van der Waals surface area contributed by atoms with Gasteiger partial charge in [-0.2, -0.15) is 0 Å². The number of carboxylic acids is 1. The molecule has 0 saturated carbocycles. The molecular weight excluding hydrogens is 246 g/mol. The molecule has 0 atom stereocenters. The molecule has 2 heterocycles. The molecule has 0 aliphatic carbocycles. The van der Waals surface area contributed by atoms with E-state index in [0.29, 0.717) is 12.6 Å². The van der Waals surface area contributed by atoms with E-state index in [2.05, 4.69) is 27.5 Å². The first-order valence-corrected chi connectivity index (χ1v) is 6.79. The second-order valence-corrected chi connectivity index (χ2v) is 4.78. The zero-order valence-electron chi connectivity index (χ0n) is 11.2. The first-order valence-electron chi connectivity index (χ1n) is 6.79. The number of piperidine rings is 1. The number of nitrogens with one attached hydrogen (secondary N) is 1. The third kappa shape index (κ3) is 3.74. The molecule has 0 radical (unpaired) electrons. The van der Waals surface area contributed by atoms with Crippen molar-refractivity contribution in [2.45, 2.75) is 32.4 Å². The van der Waals surface area contributed by atoms with Crippen molar-refractivity contribution in [2.24, 2.45) is 0 Å². The van der Waals surface area contributed by atoms with Gasteiger partial charge in [0.2, 0.25) is 0 Å². The molecular formula is C12H21N5O2. The van der Waals surface area contributed by atoms with Crippen LogP contribution in [-0.2, 0) is 6.54 Å². The van der Waals surface area contributed by atoms with Crippen LogP contribution in [0.3, 0.4) is 0 Å². The number of carboxylic acid groups (broad SMARTS) is 1. The minimum atomic E-state index is -1.03.